The van der Waals surface area contributed by atoms with E-state index < -0.39 is 0 Å². The zero-order valence-electron chi connectivity index (χ0n) is 11.7. The highest BCUT2D eigenvalue weighted by molar-refractivity contribution is 4.65. The van der Waals surface area contributed by atoms with Crippen molar-refractivity contribution in [3.8, 4) is 0 Å². The quantitative estimate of drug-likeness (QED) is 0.627. The van der Waals surface area contributed by atoms with Gasteiger partial charge in [-0.2, -0.15) is 0 Å². The Balaban J connectivity index is 1.78. The Morgan fingerprint density at radius 1 is 1.06 bits per heavy atom. The third-order valence-corrected chi connectivity index (χ3v) is 3.32. The molecule has 3 nitrogen and oxygen atoms in total. The maximum absolute atomic E-state index is 5.56. The minimum atomic E-state index is 0.752. The molecule has 0 aromatic heterocycles. The van der Waals surface area contributed by atoms with Gasteiger partial charge in [0.05, 0.1) is 6.61 Å². The topological polar surface area (TPSA) is 24.5 Å². The van der Waals surface area contributed by atoms with E-state index in [1.54, 1.807) is 0 Å². The van der Waals surface area contributed by atoms with E-state index in [0.717, 1.165) is 32.2 Å². The van der Waals surface area contributed by atoms with E-state index in [1.165, 1.54) is 45.3 Å². The minimum absolute atomic E-state index is 0.752. The molecule has 0 unspecified atom stereocenters. The highest BCUT2D eigenvalue weighted by Crippen LogP contribution is 2.07. The van der Waals surface area contributed by atoms with Gasteiger partial charge in [0.25, 0.3) is 0 Å². The second kappa shape index (κ2) is 9.86. The Hall–Kier alpha value is -0.120. The molecule has 1 heterocycles. The molecule has 1 N–H and O–H groups in total. The molecule has 0 saturated carbocycles. The SMILES string of the molecule is CC(C)CCOCCNCCN1CCCCC1. The fourth-order valence-electron chi connectivity index (χ4n) is 2.11. The van der Waals surface area contributed by atoms with Crippen molar-refractivity contribution >= 4 is 0 Å². The summed E-state index contributed by atoms with van der Waals surface area (Å²) in [7, 11) is 0. The minimum Gasteiger partial charge on any atom is -0.380 e. The summed E-state index contributed by atoms with van der Waals surface area (Å²) >= 11 is 0. The van der Waals surface area contributed by atoms with Gasteiger partial charge in [0.2, 0.25) is 0 Å². The van der Waals surface area contributed by atoms with E-state index in [4.69, 9.17) is 4.74 Å². The van der Waals surface area contributed by atoms with Gasteiger partial charge in [-0.1, -0.05) is 20.3 Å². The molecule has 0 amide bonds. The van der Waals surface area contributed by atoms with E-state index in [9.17, 15) is 0 Å². The Bertz CT molecular complexity index is 168. The molecular weight excluding hydrogens is 212 g/mol. The zero-order valence-corrected chi connectivity index (χ0v) is 11.7. The van der Waals surface area contributed by atoms with Crippen molar-refractivity contribution in [1.82, 2.24) is 10.2 Å². The highest BCUT2D eigenvalue weighted by atomic mass is 16.5. The maximum Gasteiger partial charge on any atom is 0.0590 e. The summed E-state index contributed by atoms with van der Waals surface area (Å²) in [6, 6.07) is 0. The van der Waals surface area contributed by atoms with Crippen LogP contribution in [0.4, 0.5) is 0 Å². The largest absolute Gasteiger partial charge is 0.380 e. The predicted octanol–water partition coefficient (Wildman–Crippen LogP) is 2.12. The first-order valence-electron chi connectivity index (χ1n) is 7.30. The van der Waals surface area contributed by atoms with E-state index in [2.05, 4.69) is 24.1 Å². The van der Waals surface area contributed by atoms with Crippen molar-refractivity contribution in [3.63, 3.8) is 0 Å². The van der Waals surface area contributed by atoms with Gasteiger partial charge < -0.3 is 15.0 Å². The molecule has 1 aliphatic rings. The van der Waals surface area contributed by atoms with Crippen molar-refractivity contribution in [3.05, 3.63) is 0 Å². The highest BCUT2D eigenvalue weighted by Gasteiger charge is 2.08. The summed E-state index contributed by atoms with van der Waals surface area (Å²) < 4.78 is 5.56. The number of likely N-dealkylation sites (tertiary alicyclic amines) is 1. The van der Waals surface area contributed by atoms with Crippen LogP contribution in [0.25, 0.3) is 0 Å². The van der Waals surface area contributed by atoms with Crippen LogP contribution >= 0.6 is 0 Å². The lowest BCUT2D eigenvalue weighted by atomic mass is 10.1. The van der Waals surface area contributed by atoms with Gasteiger partial charge in [0.15, 0.2) is 0 Å². The number of hydrogen-bond acceptors (Lipinski definition) is 3. The van der Waals surface area contributed by atoms with Crippen LogP contribution in [-0.2, 0) is 4.74 Å². The number of piperidine rings is 1. The molecule has 17 heavy (non-hydrogen) atoms. The zero-order chi connectivity index (χ0) is 12.3. The van der Waals surface area contributed by atoms with Gasteiger partial charge in [-0.15, -0.1) is 0 Å². The van der Waals surface area contributed by atoms with Crippen LogP contribution in [0.15, 0.2) is 0 Å². The third-order valence-electron chi connectivity index (χ3n) is 3.32. The molecule has 1 aliphatic heterocycles. The van der Waals surface area contributed by atoms with Crippen LogP contribution in [0.5, 0.6) is 0 Å². The Morgan fingerprint density at radius 2 is 1.82 bits per heavy atom. The van der Waals surface area contributed by atoms with E-state index in [1.807, 2.05) is 0 Å². The third kappa shape index (κ3) is 8.58. The maximum atomic E-state index is 5.56. The van der Waals surface area contributed by atoms with E-state index >= 15 is 0 Å². The molecule has 0 spiro atoms. The van der Waals surface area contributed by atoms with Gasteiger partial charge >= 0.3 is 0 Å². The van der Waals surface area contributed by atoms with Crippen LogP contribution < -0.4 is 5.32 Å². The fraction of sp³-hybridized carbons (Fsp3) is 1.00. The van der Waals surface area contributed by atoms with E-state index in [-0.39, 0.29) is 0 Å². The summed E-state index contributed by atoms with van der Waals surface area (Å²) in [6.45, 7) is 12.1. The molecule has 3 heteroatoms. The van der Waals surface area contributed by atoms with Crippen LogP contribution in [0.2, 0.25) is 0 Å². The van der Waals surface area contributed by atoms with Crippen molar-refractivity contribution in [2.45, 2.75) is 39.5 Å². The van der Waals surface area contributed by atoms with Gasteiger partial charge in [-0.25, -0.2) is 0 Å². The second-order valence-corrected chi connectivity index (χ2v) is 5.45. The van der Waals surface area contributed by atoms with Gasteiger partial charge in [0.1, 0.15) is 0 Å². The lowest BCUT2D eigenvalue weighted by molar-refractivity contribution is 0.124. The van der Waals surface area contributed by atoms with E-state index in [0.29, 0.717) is 0 Å². The van der Waals surface area contributed by atoms with Gasteiger partial charge in [-0.05, 0) is 38.3 Å². The second-order valence-electron chi connectivity index (χ2n) is 5.45. The van der Waals surface area contributed by atoms with Crippen LogP contribution in [0, 0.1) is 5.92 Å². The first kappa shape index (κ1) is 14.9. The fourth-order valence-corrected chi connectivity index (χ4v) is 2.11. The van der Waals surface area contributed by atoms with Crippen molar-refractivity contribution in [2.24, 2.45) is 5.92 Å². The molecule has 102 valence electrons. The summed E-state index contributed by atoms with van der Waals surface area (Å²) in [4.78, 5) is 2.57. The molecule has 0 aromatic rings. The summed E-state index contributed by atoms with van der Waals surface area (Å²) in [5, 5.41) is 3.45. The normalized spacial score (nSPS) is 17.8. The average molecular weight is 242 g/mol. The van der Waals surface area contributed by atoms with Gasteiger partial charge in [0, 0.05) is 26.2 Å². The number of nitrogens with zero attached hydrogens (tertiary/aromatic N) is 1. The van der Waals surface area contributed by atoms with Crippen molar-refractivity contribution in [1.29, 1.82) is 0 Å². The molecule has 0 radical (unpaired) electrons. The standard InChI is InChI=1S/C14H30N2O/c1-14(2)6-12-17-13-8-15-7-11-16-9-4-3-5-10-16/h14-15H,3-13H2,1-2H3. The number of ether oxygens (including phenoxy) is 1. The summed E-state index contributed by atoms with van der Waals surface area (Å²) in [5.41, 5.74) is 0. The summed E-state index contributed by atoms with van der Waals surface area (Å²) in [6.07, 6.45) is 5.37. The number of rotatable bonds is 9. The average Bonchev–Trinajstić information content (AvgIpc) is 2.33. The Morgan fingerprint density at radius 3 is 2.53 bits per heavy atom. The number of nitrogens with one attached hydrogen (secondary N) is 1. The molecule has 0 atom stereocenters. The monoisotopic (exact) mass is 242 g/mol. The molecule has 0 bridgehead atoms. The lowest BCUT2D eigenvalue weighted by Gasteiger charge is -2.26. The first-order valence-corrected chi connectivity index (χ1v) is 7.30. The number of hydrogen-bond donors (Lipinski definition) is 1. The van der Waals surface area contributed by atoms with Crippen LogP contribution in [0.1, 0.15) is 39.5 Å². The molecule has 0 aromatic carbocycles. The summed E-state index contributed by atoms with van der Waals surface area (Å²) in [5.74, 6) is 0.752. The van der Waals surface area contributed by atoms with Crippen molar-refractivity contribution in [2.75, 3.05) is 45.9 Å². The molecule has 0 aliphatic carbocycles. The molecular formula is C14H30N2O. The first-order chi connectivity index (χ1) is 8.29. The molecule has 1 rings (SSSR count). The Kier molecular flexibility index (Phi) is 8.67. The molecule has 1 fully saturated rings. The van der Waals surface area contributed by atoms with Crippen LogP contribution in [0.3, 0.4) is 0 Å². The van der Waals surface area contributed by atoms with Crippen LogP contribution in [-0.4, -0.2) is 50.8 Å². The smallest absolute Gasteiger partial charge is 0.0590 e. The van der Waals surface area contributed by atoms with Crippen molar-refractivity contribution < 1.29 is 4.74 Å². The Labute approximate surface area is 107 Å². The van der Waals surface area contributed by atoms with Gasteiger partial charge in [-0.3, -0.25) is 0 Å². The predicted molar refractivity (Wildman–Crippen MR) is 73.4 cm³/mol. The lowest BCUT2D eigenvalue weighted by Crippen LogP contribution is -2.36. The molecule has 1 saturated heterocycles.